The van der Waals surface area contributed by atoms with Crippen LogP contribution in [0.4, 0.5) is 10.1 Å². The van der Waals surface area contributed by atoms with E-state index in [4.69, 9.17) is 25.6 Å². The molecule has 4 aliphatic rings. The number of hydrogen-bond acceptors (Lipinski definition) is 9. The van der Waals surface area contributed by atoms with Gasteiger partial charge in [-0.2, -0.15) is 0 Å². The van der Waals surface area contributed by atoms with Gasteiger partial charge in [0.2, 0.25) is 5.12 Å². The number of thioether (sulfide) groups is 1. The summed E-state index contributed by atoms with van der Waals surface area (Å²) in [5.41, 5.74) is 7.89. The molecule has 42 heavy (non-hydrogen) atoms. The Labute approximate surface area is 250 Å². The van der Waals surface area contributed by atoms with Gasteiger partial charge in [0.1, 0.15) is 12.4 Å². The number of carbonyl (C=O) groups excluding carboxylic acids is 2. The van der Waals surface area contributed by atoms with Crippen LogP contribution in [0, 0.1) is 45.7 Å². The van der Waals surface area contributed by atoms with E-state index in [0.717, 1.165) is 41.4 Å². The van der Waals surface area contributed by atoms with Crippen LogP contribution in [-0.2, 0) is 19.1 Å². The fraction of sp³-hybridized carbons (Fsp3) is 0.562. The molecular formula is C32H40FN3O5S. The van der Waals surface area contributed by atoms with Crippen molar-refractivity contribution in [2.45, 2.75) is 64.6 Å². The molecule has 10 heteroatoms. The van der Waals surface area contributed by atoms with E-state index in [1.54, 1.807) is 18.3 Å². The second kappa shape index (κ2) is 11.4. The van der Waals surface area contributed by atoms with Crippen molar-refractivity contribution in [1.29, 1.82) is 5.41 Å². The SMILES string of the molecule is COCC(=O)O[C@]1(C(=O)SC=N)[C@H](C)CC2[C@@H]3CCC4=CC(=Nc5ccc(F)cc5)C(=CN)C[C@]4(C)C3C(O)C[C@@]21C. The van der Waals surface area contributed by atoms with Crippen molar-refractivity contribution in [2.75, 3.05) is 13.7 Å². The fourth-order valence-corrected chi connectivity index (χ4v) is 9.83. The monoisotopic (exact) mass is 597 g/mol. The van der Waals surface area contributed by atoms with Gasteiger partial charge in [0.15, 0.2) is 5.60 Å². The smallest absolute Gasteiger partial charge is 0.333 e. The molecule has 4 aliphatic carbocycles. The number of benzene rings is 1. The summed E-state index contributed by atoms with van der Waals surface area (Å²) in [5, 5.41) is 19.2. The first-order valence-electron chi connectivity index (χ1n) is 14.5. The van der Waals surface area contributed by atoms with E-state index in [2.05, 4.69) is 13.0 Å². The lowest BCUT2D eigenvalue weighted by Crippen LogP contribution is -2.63. The van der Waals surface area contributed by atoms with E-state index < -0.39 is 23.1 Å². The van der Waals surface area contributed by atoms with E-state index >= 15 is 0 Å². The molecular weight excluding hydrogens is 557 g/mol. The highest BCUT2D eigenvalue weighted by Crippen LogP contribution is 2.70. The Morgan fingerprint density at radius 2 is 2.00 bits per heavy atom. The largest absolute Gasteiger partial charge is 0.447 e. The van der Waals surface area contributed by atoms with Crippen molar-refractivity contribution in [1.82, 2.24) is 0 Å². The number of aliphatic imine (C=N–C) groups is 1. The molecule has 0 bridgehead atoms. The summed E-state index contributed by atoms with van der Waals surface area (Å²) in [5.74, 6) is -1.24. The van der Waals surface area contributed by atoms with Gasteiger partial charge < -0.3 is 25.7 Å². The number of aliphatic hydroxyl groups excluding tert-OH is 1. The number of ether oxygens (including phenoxy) is 2. The number of halogens is 1. The van der Waals surface area contributed by atoms with Gasteiger partial charge in [-0.15, -0.1) is 0 Å². The predicted molar refractivity (Wildman–Crippen MR) is 161 cm³/mol. The lowest BCUT2D eigenvalue weighted by molar-refractivity contribution is -0.203. The average Bonchev–Trinajstić information content (AvgIpc) is 3.16. The van der Waals surface area contributed by atoms with Gasteiger partial charge in [0, 0.05) is 18.4 Å². The minimum atomic E-state index is -1.48. The Morgan fingerprint density at radius 3 is 2.64 bits per heavy atom. The summed E-state index contributed by atoms with van der Waals surface area (Å²) in [6.45, 7) is 5.84. The molecule has 0 amide bonds. The van der Waals surface area contributed by atoms with Crippen molar-refractivity contribution >= 4 is 39.8 Å². The summed E-state index contributed by atoms with van der Waals surface area (Å²) >= 11 is 0.737. The van der Waals surface area contributed by atoms with E-state index in [-0.39, 0.29) is 53.0 Å². The molecule has 3 fully saturated rings. The molecule has 0 aromatic heterocycles. The first-order chi connectivity index (χ1) is 19.9. The summed E-state index contributed by atoms with van der Waals surface area (Å²) < 4.78 is 24.6. The minimum absolute atomic E-state index is 0.0180. The van der Waals surface area contributed by atoms with Crippen molar-refractivity contribution in [3.8, 4) is 0 Å². The Balaban J connectivity index is 1.54. The lowest BCUT2D eigenvalue weighted by Gasteiger charge is -2.61. The maximum atomic E-state index is 13.8. The molecule has 0 aliphatic heterocycles. The fourth-order valence-electron chi connectivity index (χ4n) is 9.07. The standard InChI is InChI=1S/C32H40FN3O5S/c1-18-11-24-23-10-5-20-12-25(36-22-8-6-21(33)7-9-22)19(15-34)13-30(20,2)28(23)26(37)14-31(24,3)32(18,29(39)42-17-35)41-27(38)16-40-4/h6-9,12,15,17-18,23-24,26,28,35,37H,5,10-11,13-14,16,34H2,1-4H3/t18-,23+,24?,26?,28?,30+,31+,32+/m1/s1. The number of hydrogen-bond donors (Lipinski definition) is 3. The van der Waals surface area contributed by atoms with Crippen LogP contribution in [0.25, 0.3) is 0 Å². The first-order valence-corrected chi connectivity index (χ1v) is 15.4. The first kappa shape index (κ1) is 30.6. The van der Waals surface area contributed by atoms with Gasteiger partial charge in [-0.3, -0.25) is 4.79 Å². The third-order valence-corrected chi connectivity index (χ3v) is 11.3. The molecule has 0 spiro atoms. The molecule has 4 N–H and O–H groups in total. The highest BCUT2D eigenvalue weighted by atomic mass is 32.2. The molecule has 0 radical (unpaired) electrons. The number of methoxy groups -OCH3 is 1. The predicted octanol–water partition coefficient (Wildman–Crippen LogP) is 5.33. The van der Waals surface area contributed by atoms with Crippen LogP contribution in [0.5, 0.6) is 0 Å². The molecule has 0 heterocycles. The molecule has 1 aromatic carbocycles. The molecule has 8 nitrogen and oxygen atoms in total. The van der Waals surface area contributed by atoms with Gasteiger partial charge in [0.25, 0.3) is 0 Å². The van der Waals surface area contributed by atoms with Crippen LogP contribution >= 0.6 is 11.8 Å². The molecule has 8 atom stereocenters. The van der Waals surface area contributed by atoms with Crippen LogP contribution in [0.1, 0.15) is 52.9 Å². The summed E-state index contributed by atoms with van der Waals surface area (Å²) in [6.07, 6.45) is 6.07. The Morgan fingerprint density at radius 1 is 1.29 bits per heavy atom. The van der Waals surface area contributed by atoms with Crippen molar-refractivity contribution in [3.63, 3.8) is 0 Å². The Bertz CT molecular complexity index is 1360. The van der Waals surface area contributed by atoms with E-state index in [1.807, 2.05) is 13.8 Å². The number of aliphatic hydroxyl groups is 1. The number of nitrogens with two attached hydrogens (primary N) is 1. The maximum Gasteiger partial charge on any atom is 0.333 e. The second-order valence-electron chi connectivity index (χ2n) is 12.8. The van der Waals surface area contributed by atoms with Gasteiger partial charge in [-0.25, -0.2) is 14.2 Å². The topological polar surface area (TPSA) is 135 Å². The number of fused-ring (bicyclic) bond motifs is 5. The maximum absolute atomic E-state index is 13.8. The molecule has 3 saturated carbocycles. The summed E-state index contributed by atoms with van der Waals surface area (Å²) in [7, 11) is 1.40. The molecule has 1 aromatic rings. The van der Waals surface area contributed by atoms with E-state index in [0.29, 0.717) is 18.5 Å². The van der Waals surface area contributed by atoms with E-state index in [1.165, 1.54) is 24.8 Å². The minimum Gasteiger partial charge on any atom is -0.447 e. The number of allylic oxidation sites excluding steroid dienone is 3. The zero-order valence-corrected chi connectivity index (χ0v) is 25.4. The quantitative estimate of drug-likeness (QED) is 0.229. The van der Waals surface area contributed by atoms with Crippen molar-refractivity contribution in [2.24, 2.45) is 45.2 Å². The lowest BCUT2D eigenvalue weighted by atomic mass is 9.45. The van der Waals surface area contributed by atoms with Crippen LogP contribution in [-0.4, -0.2) is 52.9 Å². The molecule has 226 valence electrons. The Hall–Kier alpha value is -2.82. The molecule has 5 rings (SSSR count). The van der Waals surface area contributed by atoms with Crippen LogP contribution in [0.2, 0.25) is 0 Å². The zero-order chi connectivity index (χ0) is 30.4. The number of nitrogens with zero attached hydrogens (tertiary/aromatic N) is 1. The number of esters is 1. The highest BCUT2D eigenvalue weighted by molar-refractivity contribution is 8.24. The van der Waals surface area contributed by atoms with Crippen LogP contribution in [0.3, 0.4) is 0 Å². The van der Waals surface area contributed by atoms with Gasteiger partial charge in [-0.1, -0.05) is 26.3 Å². The summed E-state index contributed by atoms with van der Waals surface area (Å²) in [6, 6.07) is 6.03. The normalized spacial score (nSPS) is 39.2. The molecule has 0 saturated heterocycles. The number of rotatable bonds is 6. The number of nitrogens with one attached hydrogen (secondary N) is 1. The van der Waals surface area contributed by atoms with Crippen LogP contribution in [0.15, 0.2) is 52.7 Å². The van der Waals surface area contributed by atoms with Gasteiger partial charge >= 0.3 is 5.97 Å². The zero-order valence-electron chi connectivity index (χ0n) is 24.6. The number of carbonyl (C=O) groups is 2. The van der Waals surface area contributed by atoms with E-state index in [9.17, 15) is 19.1 Å². The molecule has 3 unspecified atom stereocenters. The van der Waals surface area contributed by atoms with Gasteiger partial charge in [-0.05, 0) is 109 Å². The summed E-state index contributed by atoms with van der Waals surface area (Å²) in [4.78, 5) is 31.4. The second-order valence-corrected chi connectivity index (χ2v) is 13.6. The average molecular weight is 598 g/mol. The van der Waals surface area contributed by atoms with Crippen LogP contribution < -0.4 is 5.73 Å². The highest BCUT2D eigenvalue weighted by Gasteiger charge is 2.73. The Kier molecular flexibility index (Phi) is 8.28. The van der Waals surface area contributed by atoms with Gasteiger partial charge in [0.05, 0.1) is 23.0 Å². The third kappa shape index (κ3) is 4.66. The van der Waals surface area contributed by atoms with Crippen molar-refractivity contribution in [3.05, 3.63) is 53.5 Å². The van der Waals surface area contributed by atoms with Crippen molar-refractivity contribution < 1.29 is 28.6 Å². The third-order valence-electron chi connectivity index (χ3n) is 10.7.